The first-order valence-electron chi connectivity index (χ1n) is 7.43. The Bertz CT molecular complexity index is 543. The molecule has 0 bridgehead atoms. The Hall–Kier alpha value is -1.82. The molecule has 2 rings (SSSR count). The minimum atomic E-state index is -0.624. The minimum absolute atomic E-state index is 0.157. The van der Waals surface area contributed by atoms with Crippen LogP contribution in [-0.4, -0.2) is 40.8 Å². The summed E-state index contributed by atoms with van der Waals surface area (Å²) < 4.78 is 18.6. The number of hydrogen-bond acceptors (Lipinski definition) is 4. The van der Waals surface area contributed by atoms with Crippen molar-refractivity contribution in [1.82, 2.24) is 10.2 Å². The van der Waals surface area contributed by atoms with Crippen LogP contribution >= 0.6 is 0 Å². The second-order valence-corrected chi connectivity index (χ2v) is 6.58. The van der Waals surface area contributed by atoms with Gasteiger partial charge in [0.15, 0.2) is 11.6 Å². The summed E-state index contributed by atoms with van der Waals surface area (Å²) in [5.74, 6) is -0.971. The predicted molar refractivity (Wildman–Crippen MR) is 81.1 cm³/mol. The zero-order chi connectivity index (χ0) is 16.3. The van der Waals surface area contributed by atoms with Crippen molar-refractivity contribution in [2.75, 3.05) is 13.1 Å². The largest absolute Gasteiger partial charge is 0.505 e. The van der Waals surface area contributed by atoms with Crippen LogP contribution < -0.4 is 5.32 Å². The van der Waals surface area contributed by atoms with E-state index in [1.807, 2.05) is 20.8 Å². The fraction of sp³-hybridized carbons (Fsp3) is 0.562. The van der Waals surface area contributed by atoms with Gasteiger partial charge >= 0.3 is 6.09 Å². The van der Waals surface area contributed by atoms with E-state index in [4.69, 9.17) is 9.84 Å². The Balaban J connectivity index is 1.81. The lowest BCUT2D eigenvalue weighted by atomic mass is 10.2. The zero-order valence-electron chi connectivity index (χ0n) is 13.2. The van der Waals surface area contributed by atoms with Crippen molar-refractivity contribution in [3.8, 4) is 5.75 Å². The number of hydrogen-bond donors (Lipinski definition) is 2. The van der Waals surface area contributed by atoms with Gasteiger partial charge in [-0.05, 0) is 44.9 Å². The van der Waals surface area contributed by atoms with Gasteiger partial charge in [0.2, 0.25) is 0 Å². The van der Waals surface area contributed by atoms with Gasteiger partial charge in [0.05, 0.1) is 0 Å². The van der Waals surface area contributed by atoms with E-state index in [1.54, 1.807) is 11.0 Å². The van der Waals surface area contributed by atoms with Crippen molar-refractivity contribution in [3.05, 3.63) is 29.6 Å². The number of carbonyl (C=O) groups is 1. The molecule has 1 heterocycles. The van der Waals surface area contributed by atoms with Gasteiger partial charge in [-0.2, -0.15) is 0 Å². The van der Waals surface area contributed by atoms with Crippen LogP contribution in [0.15, 0.2) is 18.2 Å². The van der Waals surface area contributed by atoms with Gasteiger partial charge in [-0.1, -0.05) is 6.07 Å². The molecule has 1 atom stereocenters. The molecule has 1 aliphatic rings. The summed E-state index contributed by atoms with van der Waals surface area (Å²) >= 11 is 0. The SMILES string of the molecule is CC(C)(C)OC(=O)N1CCC(NCc2ccc(O)c(F)c2)C1. The molecular weight excluding hydrogens is 287 g/mol. The Morgan fingerprint density at radius 1 is 1.50 bits per heavy atom. The molecule has 0 saturated carbocycles. The highest BCUT2D eigenvalue weighted by Gasteiger charge is 2.29. The van der Waals surface area contributed by atoms with Crippen LogP contribution in [0.25, 0.3) is 0 Å². The summed E-state index contributed by atoms with van der Waals surface area (Å²) in [5.41, 5.74) is 0.262. The Morgan fingerprint density at radius 2 is 2.23 bits per heavy atom. The lowest BCUT2D eigenvalue weighted by Crippen LogP contribution is -2.38. The molecule has 22 heavy (non-hydrogen) atoms. The lowest BCUT2D eigenvalue weighted by Gasteiger charge is -2.24. The van der Waals surface area contributed by atoms with E-state index in [0.29, 0.717) is 19.6 Å². The van der Waals surface area contributed by atoms with Crippen LogP contribution in [0.4, 0.5) is 9.18 Å². The third-order valence-corrected chi connectivity index (χ3v) is 3.45. The number of likely N-dealkylation sites (tertiary alicyclic amines) is 1. The van der Waals surface area contributed by atoms with Gasteiger partial charge in [-0.15, -0.1) is 0 Å². The molecule has 1 aliphatic heterocycles. The fourth-order valence-electron chi connectivity index (χ4n) is 2.34. The van der Waals surface area contributed by atoms with Crippen molar-refractivity contribution in [2.24, 2.45) is 0 Å². The number of benzene rings is 1. The Morgan fingerprint density at radius 3 is 2.86 bits per heavy atom. The number of amides is 1. The standard InChI is InChI=1S/C16H23FN2O3/c1-16(2,3)22-15(21)19-7-6-12(10-19)18-9-11-4-5-14(20)13(17)8-11/h4-5,8,12,18,20H,6-7,9-10H2,1-3H3. The number of aromatic hydroxyl groups is 1. The van der Waals surface area contributed by atoms with E-state index in [-0.39, 0.29) is 17.9 Å². The molecule has 1 saturated heterocycles. The summed E-state index contributed by atoms with van der Waals surface area (Å²) in [5, 5.41) is 12.5. The molecule has 1 aromatic rings. The van der Waals surface area contributed by atoms with E-state index in [2.05, 4.69) is 5.32 Å². The highest BCUT2D eigenvalue weighted by Crippen LogP contribution is 2.18. The zero-order valence-corrected chi connectivity index (χ0v) is 13.2. The first-order chi connectivity index (χ1) is 10.2. The summed E-state index contributed by atoms with van der Waals surface area (Å²) in [6.07, 6.45) is 0.535. The average molecular weight is 310 g/mol. The highest BCUT2D eigenvalue weighted by atomic mass is 19.1. The normalized spacial score (nSPS) is 18.5. The molecule has 122 valence electrons. The number of carbonyl (C=O) groups excluding carboxylic acids is 1. The van der Waals surface area contributed by atoms with E-state index in [0.717, 1.165) is 12.0 Å². The molecule has 0 aromatic heterocycles. The summed E-state index contributed by atoms with van der Waals surface area (Å²) in [7, 11) is 0. The maximum atomic E-state index is 13.3. The number of halogens is 1. The maximum absolute atomic E-state index is 13.3. The monoisotopic (exact) mass is 310 g/mol. The number of phenolic OH excluding ortho intramolecular Hbond substituents is 1. The molecule has 1 fully saturated rings. The fourth-order valence-corrected chi connectivity index (χ4v) is 2.34. The second-order valence-electron chi connectivity index (χ2n) is 6.58. The van der Waals surface area contributed by atoms with Gasteiger partial charge < -0.3 is 20.1 Å². The van der Waals surface area contributed by atoms with Crippen LogP contribution in [0.3, 0.4) is 0 Å². The molecular formula is C16H23FN2O3. The summed E-state index contributed by atoms with van der Waals surface area (Å²) in [6.45, 7) is 7.25. The van der Waals surface area contributed by atoms with E-state index in [1.165, 1.54) is 12.1 Å². The molecule has 0 radical (unpaired) electrons. The number of phenols is 1. The van der Waals surface area contributed by atoms with Crippen LogP contribution in [0.5, 0.6) is 5.75 Å². The molecule has 2 N–H and O–H groups in total. The predicted octanol–water partition coefficient (Wildman–Crippen LogP) is 2.63. The van der Waals surface area contributed by atoms with Crippen molar-refractivity contribution in [1.29, 1.82) is 0 Å². The third kappa shape index (κ3) is 4.59. The summed E-state index contributed by atoms with van der Waals surface area (Å²) in [4.78, 5) is 13.6. The van der Waals surface area contributed by atoms with E-state index in [9.17, 15) is 9.18 Å². The maximum Gasteiger partial charge on any atom is 0.410 e. The molecule has 1 unspecified atom stereocenters. The average Bonchev–Trinajstić information content (AvgIpc) is 2.87. The minimum Gasteiger partial charge on any atom is -0.505 e. The van der Waals surface area contributed by atoms with Crippen LogP contribution in [0.2, 0.25) is 0 Å². The van der Waals surface area contributed by atoms with Gasteiger partial charge in [0.1, 0.15) is 5.60 Å². The number of nitrogens with one attached hydrogen (secondary N) is 1. The molecule has 5 nitrogen and oxygen atoms in total. The van der Waals surface area contributed by atoms with Gasteiger partial charge in [0.25, 0.3) is 0 Å². The lowest BCUT2D eigenvalue weighted by molar-refractivity contribution is 0.0291. The second kappa shape index (κ2) is 6.52. The van der Waals surface area contributed by atoms with Crippen molar-refractivity contribution in [3.63, 3.8) is 0 Å². The van der Waals surface area contributed by atoms with E-state index >= 15 is 0 Å². The van der Waals surface area contributed by atoms with E-state index < -0.39 is 11.4 Å². The van der Waals surface area contributed by atoms with Crippen LogP contribution in [0.1, 0.15) is 32.8 Å². The molecule has 0 aliphatic carbocycles. The van der Waals surface area contributed by atoms with Gasteiger partial charge in [0, 0.05) is 25.7 Å². The highest BCUT2D eigenvalue weighted by molar-refractivity contribution is 5.68. The van der Waals surface area contributed by atoms with Crippen LogP contribution in [0, 0.1) is 5.82 Å². The van der Waals surface area contributed by atoms with Crippen molar-refractivity contribution >= 4 is 6.09 Å². The molecule has 1 aromatic carbocycles. The first-order valence-corrected chi connectivity index (χ1v) is 7.43. The van der Waals surface area contributed by atoms with Crippen molar-refractivity contribution < 1.29 is 19.0 Å². The Kier molecular flexibility index (Phi) is 4.90. The number of ether oxygens (including phenoxy) is 1. The molecule has 1 amide bonds. The number of rotatable bonds is 3. The molecule has 0 spiro atoms. The third-order valence-electron chi connectivity index (χ3n) is 3.45. The summed E-state index contributed by atoms with van der Waals surface area (Å²) in [6, 6.07) is 4.48. The van der Waals surface area contributed by atoms with Crippen molar-refractivity contribution in [2.45, 2.75) is 45.4 Å². The van der Waals surface area contributed by atoms with Crippen LogP contribution in [-0.2, 0) is 11.3 Å². The number of nitrogens with zero attached hydrogens (tertiary/aromatic N) is 1. The first kappa shape index (κ1) is 16.5. The Labute approximate surface area is 130 Å². The molecule has 6 heteroatoms. The quantitative estimate of drug-likeness (QED) is 0.901. The smallest absolute Gasteiger partial charge is 0.410 e. The topological polar surface area (TPSA) is 61.8 Å². The van der Waals surface area contributed by atoms with Gasteiger partial charge in [-0.25, -0.2) is 9.18 Å². The van der Waals surface area contributed by atoms with Gasteiger partial charge in [-0.3, -0.25) is 0 Å².